The summed E-state index contributed by atoms with van der Waals surface area (Å²) in [6.45, 7) is 3.99. The highest BCUT2D eigenvalue weighted by molar-refractivity contribution is 8.00. The van der Waals surface area contributed by atoms with E-state index >= 15 is 0 Å². The van der Waals surface area contributed by atoms with Crippen LogP contribution >= 0.6 is 11.8 Å². The number of para-hydroxylation sites is 1. The van der Waals surface area contributed by atoms with Crippen LogP contribution in [0.1, 0.15) is 19.4 Å². The van der Waals surface area contributed by atoms with Gasteiger partial charge in [-0.2, -0.15) is 5.10 Å². The fraction of sp³-hybridized carbons (Fsp3) is 0.357. The molecule has 6 heteroatoms. The highest BCUT2D eigenvalue weighted by Gasteiger charge is 2.33. The maximum absolute atomic E-state index is 12.7. The van der Waals surface area contributed by atoms with Crippen LogP contribution < -0.4 is 4.90 Å². The molecule has 1 amide bonds. The van der Waals surface area contributed by atoms with Gasteiger partial charge in [0.2, 0.25) is 5.91 Å². The molecule has 0 radical (unpaired) electrons. The van der Waals surface area contributed by atoms with Crippen LogP contribution in [0.25, 0.3) is 0 Å². The summed E-state index contributed by atoms with van der Waals surface area (Å²) in [5, 5.41) is 7.05. The number of anilines is 1. The molecule has 1 aliphatic rings. The number of rotatable bonds is 3. The van der Waals surface area contributed by atoms with Gasteiger partial charge in [0, 0.05) is 11.7 Å². The second kappa shape index (κ2) is 5.28. The zero-order chi connectivity index (χ0) is 14.1. The summed E-state index contributed by atoms with van der Waals surface area (Å²) in [5.74, 6) is 0.115. The van der Waals surface area contributed by atoms with E-state index in [2.05, 4.69) is 28.2 Å². The number of H-pyrrole nitrogens is 1. The summed E-state index contributed by atoms with van der Waals surface area (Å²) < 4.78 is 0. The highest BCUT2D eigenvalue weighted by atomic mass is 32.2. The molecule has 1 aromatic heterocycles. The minimum atomic E-state index is -0.198. The van der Waals surface area contributed by atoms with E-state index < -0.39 is 0 Å². The molecule has 0 saturated heterocycles. The molecule has 1 N–H and O–H groups in total. The number of thioether (sulfide) groups is 1. The van der Waals surface area contributed by atoms with Gasteiger partial charge >= 0.3 is 0 Å². The van der Waals surface area contributed by atoms with Gasteiger partial charge in [0.05, 0.1) is 5.25 Å². The van der Waals surface area contributed by atoms with Crippen LogP contribution in [0.4, 0.5) is 5.69 Å². The highest BCUT2D eigenvalue weighted by Crippen LogP contribution is 2.34. The molecule has 0 aliphatic carbocycles. The number of nitrogens with zero attached hydrogens (tertiary/aromatic N) is 3. The third-order valence-electron chi connectivity index (χ3n) is 3.47. The molecular weight excluding hydrogens is 272 g/mol. The minimum absolute atomic E-state index is 0.115. The van der Waals surface area contributed by atoms with Gasteiger partial charge in [0.1, 0.15) is 6.33 Å². The predicted octanol–water partition coefficient (Wildman–Crippen LogP) is 2.26. The van der Waals surface area contributed by atoms with Crippen molar-refractivity contribution >= 4 is 23.4 Å². The van der Waals surface area contributed by atoms with Crippen LogP contribution in [0.2, 0.25) is 0 Å². The average Bonchev–Trinajstić information content (AvgIpc) is 3.04. The molecule has 0 bridgehead atoms. The van der Waals surface area contributed by atoms with Crippen LogP contribution in [0.5, 0.6) is 0 Å². The summed E-state index contributed by atoms with van der Waals surface area (Å²) in [5.41, 5.74) is 2.28. The lowest BCUT2D eigenvalue weighted by Crippen LogP contribution is -2.40. The lowest BCUT2D eigenvalue weighted by atomic mass is 10.1. The third-order valence-corrected chi connectivity index (χ3v) is 4.45. The summed E-state index contributed by atoms with van der Waals surface area (Å²) >= 11 is 1.40. The molecule has 0 fully saturated rings. The van der Waals surface area contributed by atoms with Crippen molar-refractivity contribution in [3.8, 4) is 0 Å². The number of amides is 1. The summed E-state index contributed by atoms with van der Waals surface area (Å²) in [6, 6.07) is 8.31. The van der Waals surface area contributed by atoms with E-state index in [0.29, 0.717) is 5.16 Å². The molecule has 2 heterocycles. The number of nitrogens with one attached hydrogen (secondary N) is 1. The van der Waals surface area contributed by atoms with E-state index in [-0.39, 0.29) is 17.2 Å². The molecule has 104 valence electrons. The summed E-state index contributed by atoms with van der Waals surface area (Å²) in [4.78, 5) is 18.6. The Labute approximate surface area is 121 Å². The standard InChI is InChI=1S/C14H16N4OS/c1-9-7-11-5-3-4-6-12(11)18(9)13(19)10(2)20-14-15-8-16-17-14/h3-6,8-10H,7H2,1-2H3,(H,15,16,17). The largest absolute Gasteiger partial charge is 0.308 e. The van der Waals surface area contributed by atoms with Crippen molar-refractivity contribution in [3.05, 3.63) is 36.2 Å². The fourth-order valence-corrected chi connectivity index (χ4v) is 3.33. The number of carbonyl (C=O) groups excluding carboxylic acids is 1. The van der Waals surface area contributed by atoms with Crippen LogP contribution in [0.3, 0.4) is 0 Å². The number of fused-ring (bicyclic) bond motifs is 1. The van der Waals surface area contributed by atoms with Gasteiger partial charge in [-0.3, -0.25) is 9.89 Å². The lowest BCUT2D eigenvalue weighted by molar-refractivity contribution is -0.118. The molecule has 5 nitrogen and oxygen atoms in total. The van der Waals surface area contributed by atoms with Crippen molar-refractivity contribution in [2.75, 3.05) is 4.90 Å². The Balaban J connectivity index is 1.80. The molecule has 3 rings (SSSR count). The number of carbonyl (C=O) groups is 1. The molecule has 0 saturated carbocycles. The molecule has 2 atom stereocenters. The van der Waals surface area contributed by atoms with E-state index in [0.717, 1.165) is 12.1 Å². The number of aromatic nitrogens is 3. The first-order valence-corrected chi connectivity index (χ1v) is 7.48. The van der Waals surface area contributed by atoms with Crippen LogP contribution in [-0.2, 0) is 11.2 Å². The van der Waals surface area contributed by atoms with Gasteiger partial charge in [-0.25, -0.2) is 4.98 Å². The van der Waals surface area contributed by atoms with Gasteiger partial charge in [-0.1, -0.05) is 30.0 Å². The van der Waals surface area contributed by atoms with Crippen molar-refractivity contribution in [2.45, 2.75) is 36.7 Å². The summed E-state index contributed by atoms with van der Waals surface area (Å²) in [7, 11) is 0. The predicted molar refractivity (Wildman–Crippen MR) is 78.8 cm³/mol. The van der Waals surface area contributed by atoms with Crippen molar-refractivity contribution < 1.29 is 4.79 Å². The van der Waals surface area contributed by atoms with E-state index in [1.165, 1.54) is 23.7 Å². The van der Waals surface area contributed by atoms with Crippen molar-refractivity contribution in [1.29, 1.82) is 0 Å². The maximum atomic E-state index is 12.7. The second-order valence-corrected chi connectivity index (χ2v) is 6.27. The Kier molecular flexibility index (Phi) is 3.48. The molecule has 20 heavy (non-hydrogen) atoms. The van der Waals surface area contributed by atoms with E-state index in [1.54, 1.807) is 0 Å². The molecule has 1 aliphatic heterocycles. The Morgan fingerprint density at radius 2 is 2.30 bits per heavy atom. The van der Waals surface area contributed by atoms with Crippen molar-refractivity contribution in [2.24, 2.45) is 0 Å². The van der Waals surface area contributed by atoms with Gasteiger partial charge in [-0.15, -0.1) is 0 Å². The fourth-order valence-electron chi connectivity index (χ4n) is 2.57. The topological polar surface area (TPSA) is 61.9 Å². The number of benzene rings is 1. The number of hydrogen-bond donors (Lipinski definition) is 1. The van der Waals surface area contributed by atoms with Crippen molar-refractivity contribution in [3.63, 3.8) is 0 Å². The van der Waals surface area contributed by atoms with E-state index in [9.17, 15) is 4.79 Å². The normalized spacial score (nSPS) is 18.9. The minimum Gasteiger partial charge on any atom is -0.308 e. The molecular formula is C14H16N4OS. The quantitative estimate of drug-likeness (QED) is 0.880. The van der Waals surface area contributed by atoms with Gasteiger partial charge < -0.3 is 4.90 Å². The first-order chi connectivity index (χ1) is 9.66. The number of aromatic amines is 1. The Morgan fingerprint density at radius 3 is 3.05 bits per heavy atom. The number of hydrogen-bond acceptors (Lipinski definition) is 4. The molecule has 2 unspecified atom stereocenters. The zero-order valence-corrected chi connectivity index (χ0v) is 12.2. The smallest absolute Gasteiger partial charge is 0.240 e. The Morgan fingerprint density at radius 1 is 1.50 bits per heavy atom. The average molecular weight is 288 g/mol. The molecule has 2 aromatic rings. The molecule has 1 aromatic carbocycles. The summed E-state index contributed by atoms with van der Waals surface area (Å²) in [6.07, 6.45) is 2.37. The second-order valence-electron chi connectivity index (χ2n) is 4.94. The SMILES string of the molecule is CC(Sc1ncn[nH]1)C(=O)N1c2ccccc2CC1C. The van der Waals surface area contributed by atoms with Crippen LogP contribution in [0.15, 0.2) is 35.7 Å². The maximum Gasteiger partial charge on any atom is 0.240 e. The molecule has 0 spiro atoms. The monoisotopic (exact) mass is 288 g/mol. The first-order valence-electron chi connectivity index (χ1n) is 6.60. The first kappa shape index (κ1) is 13.2. The van der Waals surface area contributed by atoms with Crippen LogP contribution in [-0.4, -0.2) is 32.4 Å². The van der Waals surface area contributed by atoms with Crippen molar-refractivity contribution in [1.82, 2.24) is 15.2 Å². The van der Waals surface area contributed by atoms with Gasteiger partial charge in [0.25, 0.3) is 0 Å². The van der Waals surface area contributed by atoms with E-state index in [1.807, 2.05) is 30.0 Å². The third kappa shape index (κ3) is 2.31. The lowest BCUT2D eigenvalue weighted by Gasteiger charge is -2.25. The van der Waals surface area contributed by atoms with Gasteiger partial charge in [-0.05, 0) is 31.9 Å². The van der Waals surface area contributed by atoms with E-state index in [4.69, 9.17) is 0 Å². The van der Waals surface area contributed by atoms with Crippen LogP contribution in [0, 0.1) is 0 Å². The zero-order valence-electron chi connectivity index (χ0n) is 11.4. The van der Waals surface area contributed by atoms with Gasteiger partial charge in [0.15, 0.2) is 5.16 Å². The Bertz CT molecular complexity index is 613. The Hall–Kier alpha value is -1.82.